The molecule has 28 heavy (non-hydrogen) atoms. The summed E-state index contributed by atoms with van der Waals surface area (Å²) in [6, 6.07) is 40.8. The van der Waals surface area contributed by atoms with Crippen molar-refractivity contribution in [3.05, 3.63) is 132 Å². The van der Waals surface area contributed by atoms with Gasteiger partial charge in [-0.1, -0.05) is 115 Å². The quantitative estimate of drug-likeness (QED) is 0.249. The van der Waals surface area contributed by atoms with E-state index in [9.17, 15) is 0 Å². The first-order valence-electron chi connectivity index (χ1n) is 9.53. The second-order valence-electron chi connectivity index (χ2n) is 7.13. The molecule has 134 valence electrons. The third kappa shape index (κ3) is 2.63. The van der Waals surface area contributed by atoms with Gasteiger partial charge in [-0.25, -0.2) is 0 Å². The predicted molar refractivity (Wildman–Crippen MR) is 123 cm³/mol. The van der Waals surface area contributed by atoms with Gasteiger partial charge >= 0.3 is 0 Å². The minimum Gasteiger partial charge on any atom is -0.158 e. The SMILES string of the molecule is SC(c1ccccc1)(c1cccc2ccccc12)c1cccc2ccccc12. The molecule has 1 heteroatoms. The van der Waals surface area contributed by atoms with Gasteiger partial charge in [0.1, 0.15) is 0 Å². The molecule has 0 aliphatic carbocycles. The van der Waals surface area contributed by atoms with E-state index in [0.29, 0.717) is 0 Å². The lowest BCUT2D eigenvalue weighted by Gasteiger charge is -2.33. The van der Waals surface area contributed by atoms with Crippen molar-refractivity contribution in [1.82, 2.24) is 0 Å². The summed E-state index contributed by atoms with van der Waals surface area (Å²) in [5.74, 6) is 0. The molecule has 5 aromatic rings. The van der Waals surface area contributed by atoms with Crippen LogP contribution in [0.5, 0.6) is 0 Å². The first kappa shape index (κ1) is 17.1. The summed E-state index contributed by atoms with van der Waals surface area (Å²) in [7, 11) is 0. The molecule has 0 N–H and O–H groups in total. The number of fused-ring (bicyclic) bond motifs is 2. The summed E-state index contributed by atoms with van der Waals surface area (Å²) >= 11 is 5.44. The first-order chi connectivity index (χ1) is 13.8. The second-order valence-corrected chi connectivity index (χ2v) is 7.80. The van der Waals surface area contributed by atoms with Gasteiger partial charge in [0, 0.05) is 0 Å². The van der Waals surface area contributed by atoms with E-state index in [1.54, 1.807) is 0 Å². The van der Waals surface area contributed by atoms with Gasteiger partial charge in [0.25, 0.3) is 0 Å². The Labute approximate surface area is 170 Å². The third-order valence-corrected chi connectivity index (χ3v) is 6.29. The maximum atomic E-state index is 5.44. The molecular formula is C27H20S. The van der Waals surface area contributed by atoms with Crippen molar-refractivity contribution < 1.29 is 0 Å². The zero-order chi connectivity index (χ0) is 19.0. The van der Waals surface area contributed by atoms with Gasteiger partial charge in [0.2, 0.25) is 0 Å². The lowest BCUT2D eigenvalue weighted by Crippen LogP contribution is -2.23. The molecule has 0 unspecified atom stereocenters. The van der Waals surface area contributed by atoms with Crippen molar-refractivity contribution in [2.75, 3.05) is 0 Å². The fourth-order valence-corrected chi connectivity index (χ4v) is 4.76. The zero-order valence-electron chi connectivity index (χ0n) is 15.4. The minimum absolute atomic E-state index is 0.566. The van der Waals surface area contributed by atoms with Crippen LogP contribution in [0, 0.1) is 0 Å². The van der Waals surface area contributed by atoms with Crippen molar-refractivity contribution in [1.29, 1.82) is 0 Å². The van der Waals surface area contributed by atoms with Gasteiger partial charge in [0.05, 0.1) is 4.75 Å². The fourth-order valence-electron chi connectivity index (χ4n) is 4.22. The summed E-state index contributed by atoms with van der Waals surface area (Å²) < 4.78 is -0.566. The zero-order valence-corrected chi connectivity index (χ0v) is 16.3. The van der Waals surface area contributed by atoms with E-state index >= 15 is 0 Å². The Hall–Kier alpha value is -3.03. The minimum atomic E-state index is -0.566. The Morgan fingerprint density at radius 1 is 0.429 bits per heavy atom. The van der Waals surface area contributed by atoms with E-state index < -0.39 is 4.75 Å². The molecule has 5 aromatic carbocycles. The Kier molecular flexibility index (Phi) is 4.18. The second kappa shape index (κ2) is 6.85. The van der Waals surface area contributed by atoms with Crippen LogP contribution in [0.1, 0.15) is 16.7 Å². The molecule has 0 heterocycles. The summed E-state index contributed by atoms with van der Waals surface area (Å²) in [5, 5.41) is 4.93. The normalized spacial score (nSPS) is 11.8. The van der Waals surface area contributed by atoms with E-state index in [1.807, 2.05) is 0 Å². The molecule has 0 saturated carbocycles. The molecule has 0 nitrogen and oxygen atoms in total. The predicted octanol–water partition coefficient (Wildman–Crippen LogP) is 7.21. The Bertz CT molecular complexity index is 1180. The van der Waals surface area contributed by atoms with Crippen molar-refractivity contribution in [3.63, 3.8) is 0 Å². The lowest BCUT2D eigenvalue weighted by molar-refractivity contribution is 0.926. The summed E-state index contributed by atoms with van der Waals surface area (Å²) in [6.07, 6.45) is 0. The molecule has 0 radical (unpaired) electrons. The van der Waals surface area contributed by atoms with Crippen molar-refractivity contribution >= 4 is 34.2 Å². The highest BCUT2D eigenvalue weighted by atomic mass is 32.1. The molecule has 0 atom stereocenters. The largest absolute Gasteiger partial charge is 0.158 e. The summed E-state index contributed by atoms with van der Waals surface area (Å²) in [4.78, 5) is 0. The Balaban J connectivity index is 1.92. The van der Waals surface area contributed by atoms with Crippen LogP contribution in [-0.2, 0) is 4.75 Å². The number of benzene rings is 5. The van der Waals surface area contributed by atoms with Gasteiger partial charge < -0.3 is 0 Å². The number of thiol groups is 1. The third-order valence-electron chi connectivity index (χ3n) is 5.55. The van der Waals surface area contributed by atoms with Gasteiger partial charge in [0.15, 0.2) is 0 Å². The number of rotatable bonds is 3. The molecule has 0 amide bonds. The first-order valence-corrected chi connectivity index (χ1v) is 9.97. The van der Waals surface area contributed by atoms with Crippen molar-refractivity contribution in [3.8, 4) is 0 Å². The van der Waals surface area contributed by atoms with Crippen LogP contribution in [0.3, 0.4) is 0 Å². The molecule has 0 aliphatic heterocycles. The maximum Gasteiger partial charge on any atom is 0.0890 e. The molecule has 0 saturated heterocycles. The molecule has 5 rings (SSSR count). The smallest absolute Gasteiger partial charge is 0.0890 e. The monoisotopic (exact) mass is 376 g/mol. The van der Waals surface area contributed by atoms with E-state index in [1.165, 1.54) is 38.2 Å². The van der Waals surface area contributed by atoms with Crippen LogP contribution in [0.2, 0.25) is 0 Å². The van der Waals surface area contributed by atoms with Crippen LogP contribution in [-0.4, -0.2) is 0 Å². The van der Waals surface area contributed by atoms with Crippen molar-refractivity contribution in [2.45, 2.75) is 4.75 Å². The van der Waals surface area contributed by atoms with E-state index in [4.69, 9.17) is 12.6 Å². The average Bonchev–Trinajstić information content (AvgIpc) is 2.78. The average molecular weight is 377 g/mol. The van der Waals surface area contributed by atoms with Gasteiger partial charge in [-0.05, 0) is 38.2 Å². The molecule has 0 aromatic heterocycles. The Morgan fingerprint density at radius 2 is 0.857 bits per heavy atom. The molecule has 0 bridgehead atoms. The molecule has 0 fully saturated rings. The molecular weight excluding hydrogens is 356 g/mol. The molecule has 0 spiro atoms. The highest BCUT2D eigenvalue weighted by molar-refractivity contribution is 7.81. The van der Waals surface area contributed by atoms with Crippen LogP contribution in [0.25, 0.3) is 21.5 Å². The van der Waals surface area contributed by atoms with Crippen LogP contribution in [0.15, 0.2) is 115 Å². The number of hydrogen-bond acceptors (Lipinski definition) is 1. The van der Waals surface area contributed by atoms with Crippen LogP contribution >= 0.6 is 12.6 Å². The lowest BCUT2D eigenvalue weighted by atomic mass is 9.80. The highest BCUT2D eigenvalue weighted by Crippen LogP contribution is 2.47. The fraction of sp³-hybridized carbons (Fsp3) is 0.0370. The van der Waals surface area contributed by atoms with E-state index in [-0.39, 0.29) is 0 Å². The standard InChI is InChI=1S/C27H20S/c28-27(22-14-2-1-3-15-22,25-18-8-12-20-10-4-6-16-23(20)25)26-19-9-13-21-11-5-7-17-24(21)26/h1-19,28H. The summed E-state index contributed by atoms with van der Waals surface area (Å²) in [6.45, 7) is 0. The van der Waals surface area contributed by atoms with Gasteiger partial charge in [-0.2, -0.15) is 12.6 Å². The van der Waals surface area contributed by atoms with Gasteiger partial charge in [-0.3, -0.25) is 0 Å². The topological polar surface area (TPSA) is 0 Å². The van der Waals surface area contributed by atoms with E-state index in [0.717, 1.165) is 0 Å². The highest BCUT2D eigenvalue weighted by Gasteiger charge is 2.35. The van der Waals surface area contributed by atoms with Crippen molar-refractivity contribution in [2.24, 2.45) is 0 Å². The van der Waals surface area contributed by atoms with E-state index in [2.05, 4.69) is 115 Å². The van der Waals surface area contributed by atoms with Crippen LogP contribution < -0.4 is 0 Å². The van der Waals surface area contributed by atoms with Crippen LogP contribution in [0.4, 0.5) is 0 Å². The maximum absolute atomic E-state index is 5.44. The number of hydrogen-bond donors (Lipinski definition) is 1. The van der Waals surface area contributed by atoms with Gasteiger partial charge in [-0.15, -0.1) is 0 Å². The summed E-state index contributed by atoms with van der Waals surface area (Å²) in [5.41, 5.74) is 3.58. The molecule has 0 aliphatic rings. The Morgan fingerprint density at radius 3 is 1.39 bits per heavy atom.